The van der Waals surface area contributed by atoms with Crippen LogP contribution in [0.4, 0.5) is 18.9 Å². The van der Waals surface area contributed by atoms with Crippen molar-refractivity contribution in [3.8, 4) is 0 Å². The number of carbonyl (C=O) groups is 1. The zero-order valence-corrected chi connectivity index (χ0v) is 11.5. The predicted octanol–water partition coefficient (Wildman–Crippen LogP) is 3.54. The average Bonchev–Trinajstić information content (AvgIpc) is 2.34. The highest BCUT2D eigenvalue weighted by atomic mass is 35.5. The molecule has 0 spiro atoms. The Bertz CT molecular complexity index is 519. The Morgan fingerprint density at radius 2 is 2.20 bits per heavy atom. The van der Waals surface area contributed by atoms with Crippen molar-refractivity contribution in [1.29, 1.82) is 0 Å². The molecule has 0 N–H and O–H groups in total. The summed E-state index contributed by atoms with van der Waals surface area (Å²) in [6.07, 6.45) is -4.49. The molecule has 7 heteroatoms. The van der Waals surface area contributed by atoms with Crippen molar-refractivity contribution in [1.82, 2.24) is 0 Å². The third-order valence-corrected chi connectivity index (χ3v) is 3.26. The number of aryl methyl sites for hydroxylation is 1. The number of benzene rings is 1. The first-order valence-corrected chi connectivity index (χ1v) is 6.42. The summed E-state index contributed by atoms with van der Waals surface area (Å²) in [6, 6.07) is 4.94. The van der Waals surface area contributed by atoms with Gasteiger partial charge in [-0.2, -0.15) is 13.2 Å². The minimum atomic E-state index is -4.41. The fourth-order valence-electron chi connectivity index (χ4n) is 2.27. The molecule has 1 amide bonds. The number of hydrogen-bond acceptors (Lipinski definition) is 2. The van der Waals surface area contributed by atoms with Crippen LogP contribution in [0.25, 0.3) is 0 Å². The number of amides is 1. The van der Waals surface area contributed by atoms with Crippen molar-refractivity contribution < 1.29 is 22.7 Å². The van der Waals surface area contributed by atoms with Crippen molar-refractivity contribution >= 4 is 23.2 Å². The third-order valence-electron chi connectivity index (χ3n) is 3.03. The molecule has 2 rings (SSSR count). The van der Waals surface area contributed by atoms with Crippen LogP contribution in [0.15, 0.2) is 18.2 Å². The molecular formula is C13H13ClF3NO2. The van der Waals surface area contributed by atoms with Crippen LogP contribution in [-0.4, -0.2) is 24.9 Å². The van der Waals surface area contributed by atoms with Gasteiger partial charge >= 0.3 is 6.18 Å². The molecule has 1 aromatic carbocycles. The van der Waals surface area contributed by atoms with Crippen LogP contribution >= 0.6 is 11.6 Å². The lowest BCUT2D eigenvalue weighted by Crippen LogP contribution is -2.45. The summed E-state index contributed by atoms with van der Waals surface area (Å²) in [5.41, 5.74) is 1.39. The summed E-state index contributed by atoms with van der Waals surface area (Å²) in [7, 11) is 0. The van der Waals surface area contributed by atoms with Gasteiger partial charge in [0, 0.05) is 17.6 Å². The van der Waals surface area contributed by atoms with Crippen LogP contribution in [0.1, 0.15) is 18.9 Å². The highest BCUT2D eigenvalue weighted by Gasteiger charge is 2.34. The van der Waals surface area contributed by atoms with Crippen LogP contribution in [-0.2, 0) is 16.0 Å². The Morgan fingerprint density at radius 1 is 1.50 bits per heavy atom. The molecule has 1 aliphatic heterocycles. The van der Waals surface area contributed by atoms with E-state index in [2.05, 4.69) is 0 Å². The zero-order valence-electron chi connectivity index (χ0n) is 10.7. The number of ether oxygens (including phenoxy) is 1. The second-order valence-corrected chi connectivity index (χ2v) is 5.02. The van der Waals surface area contributed by atoms with Crippen LogP contribution < -0.4 is 4.90 Å². The standard InChI is InChI=1S/C13H13ClF3NO2/c1-8(19)18-11-4-3-10(14)6-9(11)2-5-12(18)20-7-13(15,16)17/h3-4,6,12H,2,5,7H2,1H3. The van der Waals surface area contributed by atoms with E-state index >= 15 is 0 Å². The molecule has 0 radical (unpaired) electrons. The number of hydrogen-bond donors (Lipinski definition) is 0. The number of nitrogens with zero attached hydrogens (tertiary/aromatic N) is 1. The van der Waals surface area contributed by atoms with Gasteiger partial charge in [-0.3, -0.25) is 9.69 Å². The molecule has 110 valence electrons. The summed E-state index contributed by atoms with van der Waals surface area (Å²) in [5, 5.41) is 0.530. The summed E-state index contributed by atoms with van der Waals surface area (Å²) in [4.78, 5) is 13.0. The number of fused-ring (bicyclic) bond motifs is 1. The highest BCUT2D eigenvalue weighted by Crippen LogP contribution is 2.33. The van der Waals surface area contributed by atoms with E-state index in [4.69, 9.17) is 16.3 Å². The lowest BCUT2D eigenvalue weighted by atomic mass is 10.0. The van der Waals surface area contributed by atoms with Gasteiger partial charge in [0.1, 0.15) is 12.8 Å². The topological polar surface area (TPSA) is 29.5 Å². The lowest BCUT2D eigenvalue weighted by molar-refractivity contribution is -0.186. The fourth-order valence-corrected chi connectivity index (χ4v) is 2.47. The molecular weight excluding hydrogens is 295 g/mol. The van der Waals surface area contributed by atoms with Gasteiger partial charge in [-0.25, -0.2) is 0 Å². The van der Waals surface area contributed by atoms with Crippen LogP contribution in [0.2, 0.25) is 5.02 Å². The van der Waals surface area contributed by atoms with E-state index in [1.807, 2.05) is 0 Å². The van der Waals surface area contributed by atoms with Crippen molar-refractivity contribution in [2.24, 2.45) is 0 Å². The maximum atomic E-state index is 12.2. The highest BCUT2D eigenvalue weighted by molar-refractivity contribution is 6.30. The van der Waals surface area contributed by atoms with E-state index in [9.17, 15) is 18.0 Å². The molecule has 1 atom stereocenters. The third kappa shape index (κ3) is 3.43. The molecule has 1 aromatic rings. The average molecular weight is 308 g/mol. The van der Waals surface area contributed by atoms with E-state index in [-0.39, 0.29) is 5.91 Å². The molecule has 0 aromatic heterocycles. The first kappa shape index (κ1) is 15.1. The van der Waals surface area contributed by atoms with Gasteiger partial charge < -0.3 is 4.74 Å². The monoisotopic (exact) mass is 307 g/mol. The maximum absolute atomic E-state index is 12.2. The maximum Gasteiger partial charge on any atom is 0.411 e. The fraction of sp³-hybridized carbons (Fsp3) is 0.462. The van der Waals surface area contributed by atoms with Crippen molar-refractivity contribution in [3.05, 3.63) is 28.8 Å². The van der Waals surface area contributed by atoms with E-state index in [0.717, 1.165) is 5.56 Å². The molecule has 0 fully saturated rings. The van der Waals surface area contributed by atoms with Gasteiger partial charge in [0.05, 0.1) is 0 Å². The second-order valence-electron chi connectivity index (χ2n) is 4.58. The Balaban J connectivity index is 2.24. The van der Waals surface area contributed by atoms with Gasteiger partial charge in [-0.15, -0.1) is 0 Å². The van der Waals surface area contributed by atoms with Crippen LogP contribution in [0, 0.1) is 0 Å². The van der Waals surface area contributed by atoms with E-state index in [0.29, 0.717) is 23.6 Å². The Morgan fingerprint density at radius 3 is 2.80 bits per heavy atom. The molecule has 0 aliphatic carbocycles. The SMILES string of the molecule is CC(=O)N1c2ccc(Cl)cc2CCC1OCC(F)(F)F. The quantitative estimate of drug-likeness (QED) is 0.836. The van der Waals surface area contributed by atoms with Gasteiger partial charge in [0.15, 0.2) is 0 Å². The number of alkyl halides is 3. The van der Waals surface area contributed by atoms with Gasteiger partial charge in [-0.1, -0.05) is 11.6 Å². The lowest BCUT2D eigenvalue weighted by Gasteiger charge is -2.36. The predicted molar refractivity (Wildman–Crippen MR) is 68.7 cm³/mol. The minimum Gasteiger partial charge on any atom is -0.348 e. The van der Waals surface area contributed by atoms with Gasteiger partial charge in [0.25, 0.3) is 0 Å². The molecule has 1 heterocycles. The summed E-state index contributed by atoms with van der Waals surface area (Å²) >= 11 is 5.88. The largest absolute Gasteiger partial charge is 0.411 e. The number of carbonyl (C=O) groups excluding carboxylic acids is 1. The summed E-state index contributed by atoms with van der Waals surface area (Å²) in [5.74, 6) is -0.361. The van der Waals surface area contributed by atoms with Gasteiger partial charge in [0.2, 0.25) is 5.91 Å². The van der Waals surface area contributed by atoms with Crippen LogP contribution in [0.3, 0.4) is 0 Å². The molecule has 0 bridgehead atoms. The van der Waals surface area contributed by atoms with Crippen molar-refractivity contribution in [2.75, 3.05) is 11.5 Å². The molecule has 0 saturated carbocycles. The summed E-state index contributed by atoms with van der Waals surface area (Å²) < 4.78 is 41.6. The number of rotatable bonds is 2. The van der Waals surface area contributed by atoms with Gasteiger partial charge in [-0.05, 0) is 36.6 Å². The Hall–Kier alpha value is -1.27. The Labute approximate surface area is 119 Å². The van der Waals surface area contributed by atoms with Crippen molar-refractivity contribution in [2.45, 2.75) is 32.2 Å². The molecule has 3 nitrogen and oxygen atoms in total. The second kappa shape index (κ2) is 5.61. The normalized spacial score (nSPS) is 18.9. The number of halogens is 4. The zero-order chi connectivity index (χ0) is 14.9. The number of anilines is 1. The Kier molecular flexibility index (Phi) is 4.25. The first-order chi connectivity index (χ1) is 9.28. The molecule has 1 aliphatic rings. The van der Waals surface area contributed by atoms with E-state index < -0.39 is 19.0 Å². The van der Waals surface area contributed by atoms with E-state index in [1.54, 1.807) is 18.2 Å². The molecule has 0 saturated heterocycles. The smallest absolute Gasteiger partial charge is 0.348 e. The van der Waals surface area contributed by atoms with E-state index in [1.165, 1.54) is 11.8 Å². The molecule has 20 heavy (non-hydrogen) atoms. The van der Waals surface area contributed by atoms with Crippen molar-refractivity contribution in [3.63, 3.8) is 0 Å². The first-order valence-electron chi connectivity index (χ1n) is 6.04. The van der Waals surface area contributed by atoms with Crippen LogP contribution in [0.5, 0.6) is 0 Å². The molecule has 1 unspecified atom stereocenters. The summed E-state index contributed by atoms with van der Waals surface area (Å²) in [6.45, 7) is -0.0714. The minimum absolute atomic E-state index is 0.309.